The number of carbonyl (C=O) groups is 2. The predicted molar refractivity (Wildman–Crippen MR) is 109 cm³/mol. The molecule has 150 valence electrons. The lowest BCUT2D eigenvalue weighted by Gasteiger charge is -2.30. The smallest absolute Gasteiger partial charge is 0.240 e. The third kappa shape index (κ3) is 5.62. The van der Waals surface area contributed by atoms with E-state index in [-0.39, 0.29) is 30.2 Å². The van der Waals surface area contributed by atoms with E-state index in [0.717, 1.165) is 10.2 Å². The SMILES string of the molecule is CC(C)c1cc(NC(=O)CN2CCC(C(=O)Nc3ccc(Br)cn3)CC2)on1. The van der Waals surface area contributed by atoms with Crippen LogP contribution >= 0.6 is 15.9 Å². The van der Waals surface area contributed by atoms with E-state index < -0.39 is 0 Å². The number of nitrogens with zero attached hydrogens (tertiary/aromatic N) is 3. The molecule has 0 bridgehead atoms. The number of pyridine rings is 1. The highest BCUT2D eigenvalue weighted by Crippen LogP contribution is 2.20. The van der Waals surface area contributed by atoms with Gasteiger partial charge in [0.15, 0.2) is 0 Å². The highest BCUT2D eigenvalue weighted by molar-refractivity contribution is 9.10. The zero-order valence-corrected chi connectivity index (χ0v) is 17.5. The van der Waals surface area contributed by atoms with Crippen molar-refractivity contribution < 1.29 is 14.1 Å². The first-order chi connectivity index (χ1) is 13.4. The molecule has 28 heavy (non-hydrogen) atoms. The Morgan fingerprint density at radius 3 is 2.64 bits per heavy atom. The molecule has 2 aromatic heterocycles. The summed E-state index contributed by atoms with van der Waals surface area (Å²) < 4.78 is 6.00. The predicted octanol–water partition coefficient (Wildman–Crippen LogP) is 3.24. The van der Waals surface area contributed by atoms with E-state index in [1.54, 1.807) is 18.3 Å². The van der Waals surface area contributed by atoms with E-state index in [1.165, 1.54) is 0 Å². The zero-order valence-electron chi connectivity index (χ0n) is 15.9. The molecule has 0 aromatic carbocycles. The molecule has 0 spiro atoms. The van der Waals surface area contributed by atoms with E-state index in [9.17, 15) is 9.59 Å². The Kier molecular flexibility index (Phi) is 6.79. The molecule has 2 amide bonds. The average Bonchev–Trinajstić information content (AvgIpc) is 3.13. The van der Waals surface area contributed by atoms with Gasteiger partial charge in [0, 0.05) is 22.7 Å². The lowest BCUT2D eigenvalue weighted by molar-refractivity contribution is -0.121. The molecule has 3 heterocycles. The number of hydrogen-bond acceptors (Lipinski definition) is 6. The van der Waals surface area contributed by atoms with E-state index in [0.29, 0.717) is 37.6 Å². The molecule has 3 rings (SSSR count). The minimum atomic E-state index is -0.145. The summed E-state index contributed by atoms with van der Waals surface area (Å²) >= 11 is 3.32. The van der Waals surface area contributed by atoms with Crippen LogP contribution in [0.15, 0.2) is 33.4 Å². The van der Waals surface area contributed by atoms with Crippen LogP contribution in [0.4, 0.5) is 11.7 Å². The summed E-state index contributed by atoms with van der Waals surface area (Å²) in [6, 6.07) is 5.34. The average molecular weight is 450 g/mol. The Hall–Kier alpha value is -2.26. The van der Waals surface area contributed by atoms with Crippen LogP contribution in [0.5, 0.6) is 0 Å². The molecule has 1 aliphatic rings. The first kappa shape index (κ1) is 20.5. The standard InChI is InChI=1S/C19H24BrN5O3/c1-12(2)15-9-18(28-24-15)23-17(26)11-25-7-5-13(6-8-25)19(27)22-16-4-3-14(20)10-21-16/h3-4,9-10,12-13H,5-8,11H2,1-2H3,(H,23,26)(H,21,22,27). The second kappa shape index (κ2) is 9.29. The number of anilines is 2. The molecule has 0 unspecified atom stereocenters. The maximum atomic E-state index is 12.4. The Morgan fingerprint density at radius 2 is 2.04 bits per heavy atom. The summed E-state index contributed by atoms with van der Waals surface area (Å²) in [4.78, 5) is 30.8. The van der Waals surface area contributed by atoms with Gasteiger partial charge in [0.2, 0.25) is 17.7 Å². The molecule has 8 nitrogen and oxygen atoms in total. The van der Waals surface area contributed by atoms with Gasteiger partial charge in [-0.3, -0.25) is 19.8 Å². The highest BCUT2D eigenvalue weighted by atomic mass is 79.9. The maximum absolute atomic E-state index is 12.4. The van der Waals surface area contributed by atoms with Crippen molar-refractivity contribution in [1.29, 1.82) is 0 Å². The van der Waals surface area contributed by atoms with E-state index in [2.05, 4.69) is 36.7 Å². The molecular weight excluding hydrogens is 426 g/mol. The molecular formula is C19H24BrN5O3. The zero-order chi connectivity index (χ0) is 20.1. The third-order valence-corrected chi connectivity index (χ3v) is 5.16. The number of piperidine rings is 1. The van der Waals surface area contributed by atoms with Crippen molar-refractivity contribution in [2.75, 3.05) is 30.3 Å². The molecule has 0 aliphatic carbocycles. The summed E-state index contributed by atoms with van der Waals surface area (Å²) in [6.45, 7) is 5.66. The minimum absolute atomic E-state index is 0.0261. The topological polar surface area (TPSA) is 100 Å². The quantitative estimate of drug-likeness (QED) is 0.701. The molecule has 9 heteroatoms. The van der Waals surface area contributed by atoms with Gasteiger partial charge in [-0.2, -0.15) is 0 Å². The monoisotopic (exact) mass is 449 g/mol. The van der Waals surface area contributed by atoms with Crippen LogP contribution < -0.4 is 10.6 Å². The fourth-order valence-electron chi connectivity index (χ4n) is 3.03. The summed E-state index contributed by atoms with van der Waals surface area (Å²) in [7, 11) is 0. The van der Waals surface area contributed by atoms with Crippen molar-refractivity contribution >= 4 is 39.4 Å². The summed E-state index contributed by atoms with van der Waals surface area (Å²) in [5.74, 6) is 0.905. The lowest BCUT2D eigenvalue weighted by atomic mass is 9.96. The van der Waals surface area contributed by atoms with E-state index in [1.807, 2.05) is 24.8 Å². The molecule has 1 saturated heterocycles. The van der Waals surface area contributed by atoms with E-state index in [4.69, 9.17) is 4.52 Å². The van der Waals surface area contributed by atoms with Crippen molar-refractivity contribution in [3.8, 4) is 0 Å². The maximum Gasteiger partial charge on any atom is 0.240 e. The molecule has 2 N–H and O–H groups in total. The molecule has 0 saturated carbocycles. The fourth-order valence-corrected chi connectivity index (χ4v) is 3.27. The van der Waals surface area contributed by atoms with Gasteiger partial charge in [-0.25, -0.2) is 4.98 Å². The first-order valence-corrected chi connectivity index (χ1v) is 10.1. The van der Waals surface area contributed by atoms with Crippen LogP contribution in [0.2, 0.25) is 0 Å². The van der Waals surface area contributed by atoms with Crippen molar-refractivity contribution in [2.45, 2.75) is 32.6 Å². The van der Waals surface area contributed by atoms with Crippen LogP contribution in [0.1, 0.15) is 38.3 Å². The molecule has 1 fully saturated rings. The van der Waals surface area contributed by atoms with Gasteiger partial charge < -0.3 is 9.84 Å². The van der Waals surface area contributed by atoms with Gasteiger partial charge in [-0.15, -0.1) is 0 Å². The summed E-state index contributed by atoms with van der Waals surface area (Å²) in [5, 5.41) is 9.51. The van der Waals surface area contributed by atoms with Crippen molar-refractivity contribution in [3.05, 3.63) is 34.6 Å². The Balaban J connectivity index is 1.42. The van der Waals surface area contributed by atoms with Crippen LogP contribution in [0.3, 0.4) is 0 Å². The van der Waals surface area contributed by atoms with Gasteiger partial charge in [0.1, 0.15) is 5.82 Å². The largest absolute Gasteiger partial charge is 0.338 e. The number of carbonyl (C=O) groups excluding carboxylic acids is 2. The van der Waals surface area contributed by atoms with Crippen LogP contribution in [0.25, 0.3) is 0 Å². The van der Waals surface area contributed by atoms with Crippen LogP contribution in [-0.2, 0) is 9.59 Å². The minimum Gasteiger partial charge on any atom is -0.338 e. The first-order valence-electron chi connectivity index (χ1n) is 9.32. The molecule has 0 atom stereocenters. The Bertz CT molecular complexity index is 813. The van der Waals surface area contributed by atoms with Crippen LogP contribution in [0, 0.1) is 5.92 Å². The summed E-state index contributed by atoms with van der Waals surface area (Å²) in [5.41, 5.74) is 0.808. The number of rotatable bonds is 6. The van der Waals surface area contributed by atoms with Gasteiger partial charge in [-0.05, 0) is 59.9 Å². The number of nitrogens with one attached hydrogen (secondary N) is 2. The molecule has 2 aromatic rings. The number of amides is 2. The van der Waals surface area contributed by atoms with Gasteiger partial charge in [0.25, 0.3) is 0 Å². The second-order valence-corrected chi connectivity index (χ2v) is 8.14. The van der Waals surface area contributed by atoms with Gasteiger partial charge >= 0.3 is 0 Å². The lowest BCUT2D eigenvalue weighted by Crippen LogP contribution is -2.41. The van der Waals surface area contributed by atoms with E-state index >= 15 is 0 Å². The Morgan fingerprint density at radius 1 is 1.29 bits per heavy atom. The fraction of sp³-hybridized carbons (Fsp3) is 0.474. The number of likely N-dealkylation sites (tertiary alicyclic amines) is 1. The highest BCUT2D eigenvalue weighted by Gasteiger charge is 2.26. The second-order valence-electron chi connectivity index (χ2n) is 7.22. The van der Waals surface area contributed by atoms with Crippen LogP contribution in [-0.4, -0.2) is 46.5 Å². The number of aromatic nitrogens is 2. The summed E-state index contributed by atoms with van der Waals surface area (Å²) in [6.07, 6.45) is 3.06. The van der Waals surface area contributed by atoms with Crippen molar-refractivity contribution in [2.24, 2.45) is 5.92 Å². The molecule has 0 radical (unpaired) electrons. The number of hydrogen-bond donors (Lipinski definition) is 2. The number of halogens is 1. The van der Waals surface area contributed by atoms with Gasteiger partial charge in [0.05, 0.1) is 12.2 Å². The van der Waals surface area contributed by atoms with Crippen molar-refractivity contribution in [3.63, 3.8) is 0 Å². The van der Waals surface area contributed by atoms with Gasteiger partial charge in [-0.1, -0.05) is 19.0 Å². The molecule has 1 aliphatic heterocycles. The van der Waals surface area contributed by atoms with Crippen molar-refractivity contribution in [1.82, 2.24) is 15.0 Å². The Labute approximate surface area is 172 Å². The normalized spacial score (nSPS) is 15.6. The third-order valence-electron chi connectivity index (χ3n) is 4.69.